The minimum atomic E-state index is 0.579. The zero-order valence-electron chi connectivity index (χ0n) is 3.69. The van der Waals surface area contributed by atoms with Gasteiger partial charge in [-0.1, -0.05) is 0 Å². The Kier molecular flexibility index (Phi) is 3.65. The molecule has 0 radical (unpaired) electrons. The van der Waals surface area contributed by atoms with Crippen LogP contribution in [0.5, 0.6) is 0 Å². The zero-order chi connectivity index (χ0) is 4.28. The molecule has 5 heavy (non-hydrogen) atoms. The van der Waals surface area contributed by atoms with Crippen LogP contribution >= 0.6 is 0 Å². The van der Waals surface area contributed by atoms with Crippen LogP contribution in [-0.2, 0) is 30.9 Å². The second kappa shape index (κ2) is 3.10. The summed E-state index contributed by atoms with van der Waals surface area (Å²) in [7, 11) is 1.75. The van der Waals surface area contributed by atoms with E-state index in [1.54, 1.807) is 7.11 Å². The molecule has 0 heterocycles. The molecule has 2 heteroatoms. The van der Waals surface area contributed by atoms with E-state index in [4.69, 9.17) is 4.74 Å². The van der Waals surface area contributed by atoms with Gasteiger partial charge >= 0.3 is 48.5 Å². The second-order valence-electron chi connectivity index (χ2n) is 1.05. The van der Waals surface area contributed by atoms with Crippen LogP contribution in [0.2, 0.25) is 0 Å². The first-order chi connectivity index (χ1) is 2.27. The van der Waals surface area contributed by atoms with Crippen molar-refractivity contribution in [2.24, 2.45) is 0 Å². The Morgan fingerprint density at radius 1 is 1.80 bits per heavy atom. The van der Waals surface area contributed by atoms with E-state index in [1.807, 2.05) is 0 Å². The van der Waals surface area contributed by atoms with Crippen molar-refractivity contribution in [3.05, 3.63) is 0 Å². The SMILES string of the molecule is CO[CH](C)[Hg]. The fraction of sp³-hybridized carbons (Fsp3) is 1.00. The number of ether oxygens (including phenoxy) is 1. The summed E-state index contributed by atoms with van der Waals surface area (Å²) in [6.45, 7) is 2.09. The molecular weight excluding hydrogens is 253 g/mol. The summed E-state index contributed by atoms with van der Waals surface area (Å²) in [4.78, 5) is 0. The van der Waals surface area contributed by atoms with E-state index in [2.05, 4.69) is 6.92 Å². The molecule has 0 aliphatic rings. The van der Waals surface area contributed by atoms with Gasteiger partial charge in [-0.3, -0.25) is 0 Å². The van der Waals surface area contributed by atoms with Crippen molar-refractivity contribution in [2.45, 2.75) is 10.5 Å². The molecule has 0 fully saturated rings. The average Bonchev–Trinajstić information content (AvgIpc) is 1.38. The molecule has 0 saturated heterocycles. The van der Waals surface area contributed by atoms with Crippen molar-refractivity contribution in [1.29, 1.82) is 0 Å². The molecule has 0 spiro atoms. The Hall–Kier alpha value is 0.895. The minimum absolute atomic E-state index is 0.579. The summed E-state index contributed by atoms with van der Waals surface area (Å²) in [6.07, 6.45) is 0. The fourth-order valence-corrected chi connectivity index (χ4v) is 0. The molecule has 0 aromatic rings. The van der Waals surface area contributed by atoms with Crippen LogP contribution in [0.1, 0.15) is 6.92 Å². The van der Waals surface area contributed by atoms with E-state index in [1.165, 1.54) is 0 Å². The van der Waals surface area contributed by atoms with E-state index in [-0.39, 0.29) is 0 Å². The van der Waals surface area contributed by atoms with Crippen molar-refractivity contribution in [2.75, 3.05) is 7.11 Å². The molecule has 0 aliphatic heterocycles. The summed E-state index contributed by atoms with van der Waals surface area (Å²) in [5.41, 5.74) is 0. The summed E-state index contributed by atoms with van der Waals surface area (Å²) in [5.74, 6) is 0. The van der Waals surface area contributed by atoms with Crippen molar-refractivity contribution >= 4 is 0 Å². The predicted octanol–water partition coefficient (Wildman–Crippen LogP) is 0.526. The van der Waals surface area contributed by atoms with Crippen LogP contribution in [0.3, 0.4) is 0 Å². The van der Waals surface area contributed by atoms with Crippen molar-refractivity contribution < 1.29 is 30.9 Å². The topological polar surface area (TPSA) is 9.23 Å². The summed E-state index contributed by atoms with van der Waals surface area (Å²) in [6, 6.07) is 0. The van der Waals surface area contributed by atoms with Gasteiger partial charge in [0.25, 0.3) is 0 Å². The van der Waals surface area contributed by atoms with E-state index < -0.39 is 0 Å². The first-order valence-corrected chi connectivity index (χ1v) is 4.80. The van der Waals surface area contributed by atoms with E-state index in [0.717, 1.165) is 26.1 Å². The molecule has 1 nitrogen and oxygen atoms in total. The Balaban J connectivity index is 2.54. The Bertz CT molecular complexity index is 20.9. The quantitative estimate of drug-likeness (QED) is 0.624. The van der Waals surface area contributed by atoms with E-state index in [0.29, 0.717) is 3.61 Å². The average molecular weight is 260 g/mol. The monoisotopic (exact) mass is 261 g/mol. The predicted molar refractivity (Wildman–Crippen MR) is 16.5 cm³/mol. The van der Waals surface area contributed by atoms with E-state index in [9.17, 15) is 0 Å². The molecule has 0 aromatic heterocycles. The van der Waals surface area contributed by atoms with Gasteiger partial charge in [-0.05, 0) is 0 Å². The summed E-state index contributed by atoms with van der Waals surface area (Å²) >= 11 is 0.806. The van der Waals surface area contributed by atoms with Crippen molar-refractivity contribution in [1.82, 2.24) is 0 Å². The molecule has 0 aromatic carbocycles. The van der Waals surface area contributed by atoms with Crippen LogP contribution in [0.15, 0.2) is 0 Å². The van der Waals surface area contributed by atoms with Gasteiger partial charge in [0.15, 0.2) is 0 Å². The van der Waals surface area contributed by atoms with Crippen molar-refractivity contribution in [3.63, 3.8) is 0 Å². The molecular formula is C3H7HgO. The van der Waals surface area contributed by atoms with Gasteiger partial charge < -0.3 is 0 Å². The number of hydrogen-bond acceptors (Lipinski definition) is 1. The maximum atomic E-state index is 4.84. The summed E-state index contributed by atoms with van der Waals surface area (Å²) < 4.78 is 5.42. The van der Waals surface area contributed by atoms with Crippen LogP contribution in [0, 0.1) is 0 Å². The molecule has 0 amide bonds. The fourth-order valence-electron chi connectivity index (χ4n) is 0. The van der Waals surface area contributed by atoms with Gasteiger partial charge in [-0.25, -0.2) is 0 Å². The first-order valence-electron chi connectivity index (χ1n) is 1.63. The standard InChI is InChI=1S/C3H7O.Hg/c1-3-4-2;/h3H,1-2H3;. The third-order valence-electron chi connectivity index (χ3n) is 0.402. The maximum absolute atomic E-state index is 4.84. The Morgan fingerprint density at radius 2 is 2.00 bits per heavy atom. The summed E-state index contributed by atoms with van der Waals surface area (Å²) in [5, 5.41) is 0. The molecule has 27 valence electrons. The first kappa shape index (κ1) is 5.90. The van der Waals surface area contributed by atoms with Crippen LogP contribution < -0.4 is 0 Å². The van der Waals surface area contributed by atoms with Gasteiger partial charge in [-0.2, -0.15) is 0 Å². The number of rotatable bonds is 1. The molecule has 0 rings (SSSR count). The number of hydrogen-bond donors (Lipinski definition) is 0. The Morgan fingerprint density at radius 3 is 2.00 bits per heavy atom. The normalized spacial score (nSPS) is 15.2. The third kappa shape index (κ3) is 4.90. The van der Waals surface area contributed by atoms with Crippen LogP contribution in [0.4, 0.5) is 0 Å². The molecule has 1 unspecified atom stereocenters. The zero-order valence-corrected chi connectivity index (χ0v) is 9.19. The number of methoxy groups -OCH3 is 1. The van der Waals surface area contributed by atoms with Crippen LogP contribution in [-0.4, -0.2) is 10.7 Å². The van der Waals surface area contributed by atoms with Gasteiger partial charge in [0, 0.05) is 0 Å². The molecule has 0 bridgehead atoms. The molecule has 1 atom stereocenters. The molecule has 0 saturated carbocycles. The van der Waals surface area contributed by atoms with Gasteiger partial charge in [-0.15, -0.1) is 0 Å². The second-order valence-corrected chi connectivity index (χ2v) is 5.52. The molecule has 0 N–H and O–H groups in total. The van der Waals surface area contributed by atoms with Gasteiger partial charge in [0.1, 0.15) is 0 Å². The van der Waals surface area contributed by atoms with Crippen molar-refractivity contribution in [3.8, 4) is 0 Å². The van der Waals surface area contributed by atoms with E-state index >= 15 is 0 Å². The Labute approximate surface area is 48.7 Å². The van der Waals surface area contributed by atoms with Crippen LogP contribution in [0.25, 0.3) is 0 Å². The molecule has 0 aliphatic carbocycles. The van der Waals surface area contributed by atoms with Gasteiger partial charge in [0.2, 0.25) is 0 Å². The van der Waals surface area contributed by atoms with Gasteiger partial charge in [0.05, 0.1) is 0 Å². The third-order valence-corrected chi connectivity index (χ3v) is 1.70.